The predicted molar refractivity (Wildman–Crippen MR) is 93.6 cm³/mol. The summed E-state index contributed by atoms with van der Waals surface area (Å²) >= 11 is 12.6. The van der Waals surface area contributed by atoms with Crippen LogP contribution in [0, 0.1) is 0 Å². The summed E-state index contributed by atoms with van der Waals surface area (Å²) in [5.74, 6) is -0.289. The summed E-state index contributed by atoms with van der Waals surface area (Å²) in [5.41, 5.74) is 3.45. The van der Waals surface area contributed by atoms with Gasteiger partial charge >= 0.3 is 0 Å². The molecule has 2 atom stereocenters. The summed E-state index contributed by atoms with van der Waals surface area (Å²) in [7, 11) is 0. The summed E-state index contributed by atoms with van der Waals surface area (Å²) in [6.45, 7) is 4.56. The number of carbonyl (C=O) groups excluding carboxylic acids is 1. The van der Waals surface area contributed by atoms with Gasteiger partial charge in [0.05, 0.1) is 27.6 Å². The van der Waals surface area contributed by atoms with Gasteiger partial charge in [0, 0.05) is 36.3 Å². The fourth-order valence-electron chi connectivity index (χ4n) is 3.06. The minimum atomic E-state index is -0.502. The number of fused-ring (bicyclic) bond motifs is 3. The molecule has 2 heterocycles. The molecule has 0 aliphatic carbocycles. The monoisotopic (exact) mass is 355 g/mol. The van der Waals surface area contributed by atoms with Gasteiger partial charge in [-0.15, -0.1) is 0 Å². The minimum absolute atomic E-state index is 0.00259. The highest BCUT2D eigenvalue weighted by atomic mass is 35.5. The zero-order chi connectivity index (χ0) is 16.7. The van der Waals surface area contributed by atoms with Crippen molar-refractivity contribution in [3.05, 3.63) is 27.4 Å². The van der Waals surface area contributed by atoms with Crippen LogP contribution in [-0.4, -0.2) is 35.2 Å². The standard InChI is InChI=1S/C16H19Cl2N3O2/c1-7(22)6-20-11-5-9(17)14(18)15-13(11)12-8(2)16(23)19-4-3-10(12)21-15/h5,7-8,20-22H,3-4,6H2,1-2H3,(H,19,23)/t7-,8+/m1/s1. The molecule has 7 heteroatoms. The highest BCUT2D eigenvalue weighted by Gasteiger charge is 2.28. The van der Waals surface area contributed by atoms with Crippen LogP contribution in [0.2, 0.25) is 10.0 Å². The van der Waals surface area contributed by atoms with Gasteiger partial charge in [-0.3, -0.25) is 4.79 Å². The van der Waals surface area contributed by atoms with E-state index in [0.29, 0.717) is 29.6 Å². The Morgan fingerprint density at radius 3 is 2.91 bits per heavy atom. The van der Waals surface area contributed by atoms with Gasteiger partial charge in [0.2, 0.25) is 5.91 Å². The van der Waals surface area contributed by atoms with Crippen LogP contribution in [0.4, 0.5) is 5.69 Å². The van der Waals surface area contributed by atoms with Gasteiger partial charge in [0.25, 0.3) is 0 Å². The summed E-state index contributed by atoms with van der Waals surface area (Å²) in [5, 5.41) is 17.4. The number of amides is 1. The number of hydrogen-bond acceptors (Lipinski definition) is 3. The number of halogens is 2. The maximum absolute atomic E-state index is 12.2. The Bertz CT molecular complexity index is 771. The summed E-state index contributed by atoms with van der Waals surface area (Å²) in [4.78, 5) is 15.5. The zero-order valence-corrected chi connectivity index (χ0v) is 14.5. The van der Waals surface area contributed by atoms with Crippen LogP contribution < -0.4 is 10.6 Å². The molecule has 0 radical (unpaired) electrons. The minimum Gasteiger partial charge on any atom is -0.392 e. The van der Waals surface area contributed by atoms with Crippen molar-refractivity contribution in [3.8, 4) is 0 Å². The molecule has 0 saturated heterocycles. The highest BCUT2D eigenvalue weighted by Crippen LogP contribution is 2.42. The molecule has 0 fully saturated rings. The Morgan fingerprint density at radius 1 is 1.48 bits per heavy atom. The first kappa shape index (κ1) is 16.4. The SMILES string of the molecule is C[C@@H]1C(=O)NCCc2[nH]c3c(Cl)c(Cl)cc(NC[C@@H](C)O)c3c21. The largest absolute Gasteiger partial charge is 0.392 e. The average Bonchev–Trinajstić information content (AvgIpc) is 2.82. The van der Waals surface area contributed by atoms with E-state index in [2.05, 4.69) is 15.6 Å². The van der Waals surface area contributed by atoms with Crippen molar-refractivity contribution in [2.75, 3.05) is 18.4 Å². The topological polar surface area (TPSA) is 77.2 Å². The summed E-state index contributed by atoms with van der Waals surface area (Å²) < 4.78 is 0. The second-order valence-electron chi connectivity index (χ2n) is 5.98. The van der Waals surface area contributed by atoms with Crippen molar-refractivity contribution >= 4 is 45.7 Å². The van der Waals surface area contributed by atoms with Crippen LogP contribution in [0.3, 0.4) is 0 Å². The maximum Gasteiger partial charge on any atom is 0.227 e. The van der Waals surface area contributed by atoms with E-state index >= 15 is 0 Å². The van der Waals surface area contributed by atoms with Crippen molar-refractivity contribution in [1.29, 1.82) is 0 Å². The number of H-pyrrole nitrogens is 1. The molecule has 23 heavy (non-hydrogen) atoms. The third-order valence-electron chi connectivity index (χ3n) is 4.18. The Kier molecular flexibility index (Phi) is 4.45. The molecular formula is C16H19Cl2N3O2. The fourth-order valence-corrected chi connectivity index (χ4v) is 3.46. The Balaban J connectivity index is 2.25. The molecule has 2 aromatic rings. The summed E-state index contributed by atoms with van der Waals surface area (Å²) in [6, 6.07) is 1.75. The number of benzene rings is 1. The van der Waals surface area contributed by atoms with Crippen LogP contribution >= 0.6 is 23.2 Å². The molecule has 0 saturated carbocycles. The Morgan fingerprint density at radius 2 is 2.22 bits per heavy atom. The lowest BCUT2D eigenvalue weighted by Gasteiger charge is -2.15. The van der Waals surface area contributed by atoms with Gasteiger partial charge in [0.15, 0.2) is 0 Å². The smallest absolute Gasteiger partial charge is 0.227 e. The van der Waals surface area contributed by atoms with Gasteiger partial charge in [-0.05, 0) is 25.5 Å². The van der Waals surface area contributed by atoms with E-state index in [1.165, 1.54) is 0 Å². The Hall–Kier alpha value is -1.43. The lowest BCUT2D eigenvalue weighted by molar-refractivity contribution is -0.121. The number of aliphatic hydroxyl groups excluding tert-OH is 1. The first-order valence-corrected chi connectivity index (χ1v) is 8.37. The van der Waals surface area contributed by atoms with Crippen molar-refractivity contribution in [3.63, 3.8) is 0 Å². The number of nitrogens with one attached hydrogen (secondary N) is 3. The van der Waals surface area contributed by atoms with Crippen LogP contribution in [0.25, 0.3) is 10.9 Å². The molecule has 1 aliphatic rings. The number of aliphatic hydroxyl groups is 1. The van der Waals surface area contributed by atoms with E-state index in [9.17, 15) is 9.90 Å². The number of carbonyl (C=O) groups is 1. The molecule has 5 nitrogen and oxygen atoms in total. The number of aromatic nitrogens is 1. The molecule has 0 unspecified atom stereocenters. The van der Waals surface area contributed by atoms with Gasteiger partial charge in [0.1, 0.15) is 0 Å². The Labute approximate surface area is 144 Å². The molecule has 0 bridgehead atoms. The maximum atomic E-state index is 12.2. The van der Waals surface area contributed by atoms with Crippen molar-refractivity contribution in [2.45, 2.75) is 32.3 Å². The molecule has 1 aliphatic heterocycles. The first-order chi connectivity index (χ1) is 10.9. The molecule has 124 valence electrons. The zero-order valence-electron chi connectivity index (χ0n) is 13.0. The number of rotatable bonds is 3. The van der Waals surface area contributed by atoms with E-state index in [1.807, 2.05) is 6.92 Å². The van der Waals surface area contributed by atoms with Gasteiger partial charge in [-0.1, -0.05) is 23.2 Å². The number of aromatic amines is 1. The third kappa shape index (κ3) is 2.89. The third-order valence-corrected chi connectivity index (χ3v) is 4.97. The quantitative estimate of drug-likeness (QED) is 0.683. The average molecular weight is 356 g/mol. The molecule has 3 rings (SSSR count). The van der Waals surface area contributed by atoms with E-state index in [0.717, 1.165) is 27.8 Å². The van der Waals surface area contributed by atoms with Gasteiger partial charge in [-0.2, -0.15) is 0 Å². The van der Waals surface area contributed by atoms with E-state index in [1.54, 1.807) is 13.0 Å². The fraction of sp³-hybridized carbons (Fsp3) is 0.438. The molecule has 0 spiro atoms. The second-order valence-corrected chi connectivity index (χ2v) is 6.76. The van der Waals surface area contributed by atoms with Gasteiger partial charge in [-0.25, -0.2) is 0 Å². The molecule has 1 amide bonds. The van der Waals surface area contributed by atoms with Crippen molar-refractivity contribution in [2.24, 2.45) is 0 Å². The van der Waals surface area contributed by atoms with Gasteiger partial charge < -0.3 is 20.7 Å². The van der Waals surface area contributed by atoms with Crippen LogP contribution in [0.15, 0.2) is 6.07 Å². The molecule has 1 aromatic heterocycles. The molecule has 4 N–H and O–H groups in total. The van der Waals surface area contributed by atoms with Crippen molar-refractivity contribution in [1.82, 2.24) is 10.3 Å². The number of hydrogen-bond donors (Lipinski definition) is 4. The highest BCUT2D eigenvalue weighted by molar-refractivity contribution is 6.45. The van der Waals surface area contributed by atoms with Crippen molar-refractivity contribution < 1.29 is 9.90 Å². The van der Waals surface area contributed by atoms with E-state index < -0.39 is 6.10 Å². The predicted octanol–water partition coefficient (Wildman–Crippen LogP) is 3.04. The molecule has 1 aromatic carbocycles. The second kappa shape index (κ2) is 6.23. The lowest BCUT2D eigenvalue weighted by atomic mass is 9.96. The van der Waals surface area contributed by atoms with E-state index in [4.69, 9.17) is 23.2 Å². The molecular weight excluding hydrogens is 337 g/mol. The normalized spacial score (nSPS) is 19.2. The number of anilines is 1. The van der Waals surface area contributed by atoms with Crippen LogP contribution in [0.1, 0.15) is 31.0 Å². The first-order valence-electron chi connectivity index (χ1n) is 7.62. The van der Waals surface area contributed by atoms with Crippen LogP contribution in [0.5, 0.6) is 0 Å². The lowest BCUT2D eigenvalue weighted by Crippen LogP contribution is -2.27. The summed E-state index contributed by atoms with van der Waals surface area (Å²) in [6.07, 6.45) is 0.210. The van der Waals surface area contributed by atoms with Crippen LogP contribution in [-0.2, 0) is 11.2 Å². The van der Waals surface area contributed by atoms with E-state index in [-0.39, 0.29) is 11.8 Å².